The normalized spacial score (nSPS) is 12.3. The second-order valence-electron chi connectivity index (χ2n) is 4.31. The highest BCUT2D eigenvalue weighted by molar-refractivity contribution is 5.73. The third kappa shape index (κ3) is 3.78. The van der Waals surface area contributed by atoms with Crippen LogP contribution in [0.2, 0.25) is 0 Å². The minimum atomic E-state index is -0.898. The zero-order valence-electron chi connectivity index (χ0n) is 11.5. The lowest BCUT2D eigenvalue weighted by Gasteiger charge is -2.19. The van der Waals surface area contributed by atoms with E-state index in [-0.39, 0.29) is 12.5 Å². The Kier molecular flexibility index (Phi) is 5.50. The van der Waals surface area contributed by atoms with Crippen LogP contribution in [0, 0.1) is 5.92 Å². The minimum Gasteiger partial charge on any atom is -0.481 e. The Morgan fingerprint density at radius 2 is 1.84 bits per heavy atom. The highest BCUT2D eigenvalue weighted by atomic mass is 16.5. The van der Waals surface area contributed by atoms with Crippen LogP contribution >= 0.6 is 0 Å². The largest absolute Gasteiger partial charge is 0.481 e. The summed E-state index contributed by atoms with van der Waals surface area (Å²) in [6.45, 7) is 3.92. The van der Waals surface area contributed by atoms with Crippen LogP contribution < -0.4 is 14.8 Å². The number of nitrogens with zero attached hydrogens (tertiary/aromatic N) is 2. The number of aliphatic carboxylic acids is 1. The average molecular weight is 269 g/mol. The molecule has 0 saturated heterocycles. The second kappa shape index (κ2) is 6.89. The summed E-state index contributed by atoms with van der Waals surface area (Å²) < 4.78 is 10.2. The number of hydrogen-bond acceptors (Lipinski definition) is 6. The molecule has 1 heterocycles. The molecule has 0 aliphatic carbocycles. The molecule has 1 unspecified atom stereocenters. The van der Waals surface area contributed by atoms with Crippen LogP contribution in [0.15, 0.2) is 6.33 Å². The highest BCUT2D eigenvalue weighted by Gasteiger charge is 2.22. The Balaban J connectivity index is 2.89. The van der Waals surface area contributed by atoms with Gasteiger partial charge in [0.25, 0.3) is 0 Å². The molecule has 0 saturated carbocycles. The molecule has 0 aliphatic heterocycles. The lowest BCUT2D eigenvalue weighted by atomic mass is 10.0. The topological polar surface area (TPSA) is 93.6 Å². The predicted octanol–water partition coefficient (Wildman–Crippen LogP) is 0.693. The van der Waals surface area contributed by atoms with E-state index in [2.05, 4.69) is 15.3 Å². The van der Waals surface area contributed by atoms with E-state index in [1.807, 2.05) is 13.8 Å². The first-order chi connectivity index (χ1) is 9.01. The summed E-state index contributed by atoms with van der Waals surface area (Å²) in [4.78, 5) is 19.1. The van der Waals surface area contributed by atoms with Crippen molar-refractivity contribution in [2.45, 2.75) is 26.4 Å². The van der Waals surface area contributed by atoms with Gasteiger partial charge in [0.05, 0.1) is 19.8 Å². The van der Waals surface area contributed by atoms with Crippen LogP contribution in [0.5, 0.6) is 11.8 Å². The van der Waals surface area contributed by atoms with Gasteiger partial charge in [-0.15, -0.1) is 0 Å². The molecule has 0 spiro atoms. The van der Waals surface area contributed by atoms with Crippen molar-refractivity contribution in [2.24, 2.45) is 5.92 Å². The van der Waals surface area contributed by atoms with Crippen LogP contribution in [0.4, 0.5) is 0 Å². The zero-order chi connectivity index (χ0) is 14.4. The lowest BCUT2D eigenvalue weighted by molar-refractivity contribution is -0.140. The molecule has 1 atom stereocenters. The summed E-state index contributed by atoms with van der Waals surface area (Å²) in [7, 11) is 2.98. The first kappa shape index (κ1) is 15.2. The van der Waals surface area contributed by atoms with Gasteiger partial charge >= 0.3 is 5.97 Å². The van der Waals surface area contributed by atoms with E-state index < -0.39 is 12.0 Å². The van der Waals surface area contributed by atoms with E-state index in [1.165, 1.54) is 20.5 Å². The number of ether oxygens (including phenoxy) is 2. The predicted molar refractivity (Wildman–Crippen MR) is 68.2 cm³/mol. The van der Waals surface area contributed by atoms with Crippen molar-refractivity contribution in [3.05, 3.63) is 11.9 Å². The fourth-order valence-electron chi connectivity index (χ4n) is 1.70. The number of aromatic nitrogens is 2. The van der Waals surface area contributed by atoms with E-state index in [9.17, 15) is 4.79 Å². The van der Waals surface area contributed by atoms with E-state index in [0.717, 1.165) is 0 Å². The van der Waals surface area contributed by atoms with Gasteiger partial charge in [0.1, 0.15) is 12.4 Å². The number of carboxylic acids is 1. The first-order valence-electron chi connectivity index (χ1n) is 5.89. The van der Waals surface area contributed by atoms with Crippen molar-refractivity contribution in [3.8, 4) is 11.8 Å². The molecule has 1 aromatic heterocycles. The van der Waals surface area contributed by atoms with E-state index in [4.69, 9.17) is 14.6 Å². The molecule has 106 valence electrons. The van der Waals surface area contributed by atoms with Crippen molar-refractivity contribution < 1.29 is 19.4 Å². The number of hydrogen-bond donors (Lipinski definition) is 2. The highest BCUT2D eigenvalue weighted by Crippen LogP contribution is 2.23. The van der Waals surface area contributed by atoms with Crippen LogP contribution in [-0.2, 0) is 11.3 Å². The molecule has 0 radical (unpaired) electrons. The lowest BCUT2D eigenvalue weighted by Crippen LogP contribution is -2.40. The standard InChI is InChI=1S/C12H19N3O4/c1-7(2)9(12(16)17)13-5-8-10(18-3)14-6-15-11(8)19-4/h6-7,9,13H,5H2,1-4H3,(H,16,17). The summed E-state index contributed by atoms with van der Waals surface area (Å²) in [6, 6.07) is -0.658. The molecule has 19 heavy (non-hydrogen) atoms. The maximum atomic E-state index is 11.1. The van der Waals surface area contributed by atoms with Gasteiger partial charge in [0, 0.05) is 6.54 Å². The molecular weight excluding hydrogens is 250 g/mol. The second-order valence-corrected chi connectivity index (χ2v) is 4.31. The van der Waals surface area contributed by atoms with Crippen molar-refractivity contribution >= 4 is 5.97 Å². The number of rotatable bonds is 7. The zero-order valence-corrected chi connectivity index (χ0v) is 11.5. The van der Waals surface area contributed by atoms with Gasteiger partial charge < -0.3 is 14.6 Å². The maximum absolute atomic E-state index is 11.1. The number of methoxy groups -OCH3 is 2. The summed E-state index contributed by atoms with van der Waals surface area (Å²) in [5.41, 5.74) is 0.597. The van der Waals surface area contributed by atoms with Gasteiger partial charge in [-0.1, -0.05) is 13.8 Å². The maximum Gasteiger partial charge on any atom is 0.320 e. The molecule has 2 N–H and O–H groups in total. The van der Waals surface area contributed by atoms with Gasteiger partial charge in [-0.05, 0) is 5.92 Å². The van der Waals surface area contributed by atoms with Gasteiger partial charge in [-0.25, -0.2) is 9.97 Å². The van der Waals surface area contributed by atoms with Crippen molar-refractivity contribution in [2.75, 3.05) is 14.2 Å². The Hall–Kier alpha value is -1.89. The molecule has 1 aromatic rings. The fourth-order valence-corrected chi connectivity index (χ4v) is 1.70. The summed E-state index contributed by atoms with van der Waals surface area (Å²) >= 11 is 0. The molecule has 0 aromatic carbocycles. The van der Waals surface area contributed by atoms with Crippen LogP contribution in [0.25, 0.3) is 0 Å². The van der Waals surface area contributed by atoms with Crippen LogP contribution in [-0.4, -0.2) is 41.3 Å². The number of nitrogens with one attached hydrogen (secondary N) is 1. The molecule has 0 bridgehead atoms. The Bertz CT molecular complexity index is 415. The van der Waals surface area contributed by atoms with Crippen LogP contribution in [0.3, 0.4) is 0 Å². The summed E-state index contributed by atoms with van der Waals surface area (Å²) in [5, 5.41) is 12.1. The van der Waals surface area contributed by atoms with Crippen molar-refractivity contribution in [1.29, 1.82) is 0 Å². The third-order valence-corrected chi connectivity index (χ3v) is 2.68. The van der Waals surface area contributed by atoms with Crippen LogP contribution in [0.1, 0.15) is 19.4 Å². The average Bonchev–Trinajstić information content (AvgIpc) is 2.37. The van der Waals surface area contributed by atoms with Crippen molar-refractivity contribution in [1.82, 2.24) is 15.3 Å². The van der Waals surface area contributed by atoms with Gasteiger partial charge in [0.15, 0.2) is 0 Å². The number of carboxylic acid groups (broad SMARTS) is 1. The monoisotopic (exact) mass is 269 g/mol. The van der Waals surface area contributed by atoms with Gasteiger partial charge in [-0.2, -0.15) is 0 Å². The smallest absolute Gasteiger partial charge is 0.320 e. The quantitative estimate of drug-likeness (QED) is 0.752. The first-order valence-corrected chi connectivity index (χ1v) is 5.89. The Morgan fingerprint density at radius 3 is 2.21 bits per heavy atom. The Morgan fingerprint density at radius 1 is 1.32 bits per heavy atom. The van der Waals surface area contributed by atoms with Crippen molar-refractivity contribution in [3.63, 3.8) is 0 Å². The third-order valence-electron chi connectivity index (χ3n) is 2.68. The van der Waals surface area contributed by atoms with Gasteiger partial charge in [-0.3, -0.25) is 10.1 Å². The molecule has 7 heteroatoms. The van der Waals surface area contributed by atoms with E-state index >= 15 is 0 Å². The fraction of sp³-hybridized carbons (Fsp3) is 0.583. The molecule has 0 fully saturated rings. The molecular formula is C12H19N3O4. The van der Waals surface area contributed by atoms with E-state index in [1.54, 1.807) is 0 Å². The molecule has 0 aliphatic rings. The molecule has 0 amide bonds. The summed E-state index contributed by atoms with van der Waals surface area (Å²) in [5.74, 6) is -0.205. The SMILES string of the molecule is COc1ncnc(OC)c1CNC(C(=O)O)C(C)C. The molecule has 7 nitrogen and oxygen atoms in total. The van der Waals surface area contributed by atoms with E-state index in [0.29, 0.717) is 17.3 Å². The Labute approximate surface area is 112 Å². The number of carbonyl (C=O) groups is 1. The summed E-state index contributed by atoms with van der Waals surface area (Å²) in [6.07, 6.45) is 1.33. The molecule has 1 rings (SSSR count). The van der Waals surface area contributed by atoms with Gasteiger partial charge in [0.2, 0.25) is 11.8 Å². The minimum absolute atomic E-state index is 0.0425.